The zero-order valence-corrected chi connectivity index (χ0v) is 22.4. The van der Waals surface area contributed by atoms with Gasteiger partial charge in [-0.1, -0.05) is 18.8 Å². The number of hydrogen-bond acceptors (Lipinski definition) is 8. The second-order valence-corrected chi connectivity index (χ2v) is 11.4. The molecule has 0 saturated heterocycles. The SMILES string of the molecule is C[C@H](CO)N1C[C@H](C)[C@@H](CN(C)S(=O)(=O)c2cn(C)cn2)Oc2ncc(C#CCN(C)C)cc2C1=O. The quantitative estimate of drug-likeness (QED) is 0.519. The van der Waals surface area contributed by atoms with E-state index < -0.39 is 22.2 Å². The number of hydrogen-bond donors (Lipinski definition) is 1. The van der Waals surface area contributed by atoms with Crippen molar-refractivity contribution in [3.63, 3.8) is 0 Å². The van der Waals surface area contributed by atoms with Gasteiger partial charge in [-0.05, 0) is 27.1 Å². The van der Waals surface area contributed by atoms with Crippen LogP contribution in [0, 0.1) is 17.8 Å². The van der Waals surface area contributed by atoms with Crippen molar-refractivity contribution in [2.24, 2.45) is 13.0 Å². The predicted octanol–water partition coefficient (Wildman–Crippen LogP) is 0.269. The van der Waals surface area contributed by atoms with Crippen LogP contribution in [0.4, 0.5) is 0 Å². The maximum Gasteiger partial charge on any atom is 0.261 e. The van der Waals surface area contributed by atoms with Crippen LogP contribution in [-0.2, 0) is 17.1 Å². The van der Waals surface area contributed by atoms with E-state index in [2.05, 4.69) is 21.8 Å². The van der Waals surface area contributed by atoms with E-state index in [0.29, 0.717) is 12.1 Å². The fraction of sp³-hybridized carbons (Fsp3) is 0.542. The van der Waals surface area contributed by atoms with Crippen LogP contribution >= 0.6 is 0 Å². The number of ether oxygens (including phenoxy) is 1. The lowest BCUT2D eigenvalue weighted by atomic mass is 10.0. The number of amides is 1. The number of aliphatic hydroxyl groups is 1. The van der Waals surface area contributed by atoms with Crippen molar-refractivity contribution in [3.05, 3.63) is 35.9 Å². The molecule has 0 bridgehead atoms. The van der Waals surface area contributed by atoms with Crippen molar-refractivity contribution in [1.82, 2.24) is 28.6 Å². The van der Waals surface area contributed by atoms with E-state index >= 15 is 0 Å². The van der Waals surface area contributed by atoms with E-state index in [4.69, 9.17) is 4.74 Å². The van der Waals surface area contributed by atoms with E-state index in [-0.39, 0.29) is 48.0 Å². The van der Waals surface area contributed by atoms with Crippen LogP contribution in [-0.4, -0.2) is 108 Å². The van der Waals surface area contributed by atoms with Crippen LogP contribution < -0.4 is 4.74 Å². The van der Waals surface area contributed by atoms with Gasteiger partial charge in [-0.2, -0.15) is 4.31 Å². The number of aliphatic hydroxyl groups excluding tert-OH is 1. The van der Waals surface area contributed by atoms with Gasteiger partial charge in [0.05, 0.1) is 32.1 Å². The van der Waals surface area contributed by atoms with Crippen LogP contribution in [0.25, 0.3) is 0 Å². The van der Waals surface area contributed by atoms with Crippen molar-refractivity contribution < 1.29 is 23.1 Å². The number of aryl methyl sites for hydroxylation is 1. The third-order valence-electron chi connectivity index (χ3n) is 5.94. The minimum Gasteiger partial charge on any atom is -0.472 e. The van der Waals surface area contributed by atoms with Gasteiger partial charge in [-0.25, -0.2) is 18.4 Å². The molecule has 0 unspecified atom stereocenters. The molecule has 12 heteroatoms. The van der Waals surface area contributed by atoms with Crippen molar-refractivity contribution in [2.45, 2.75) is 31.0 Å². The van der Waals surface area contributed by atoms with Gasteiger partial charge in [0.2, 0.25) is 5.88 Å². The molecule has 3 heterocycles. The van der Waals surface area contributed by atoms with Gasteiger partial charge in [-0.15, -0.1) is 0 Å². The first-order valence-corrected chi connectivity index (χ1v) is 13.0. The molecule has 11 nitrogen and oxygen atoms in total. The summed E-state index contributed by atoms with van der Waals surface area (Å²) in [5.74, 6) is 5.54. The number of nitrogens with zero attached hydrogens (tertiary/aromatic N) is 6. The number of fused-ring (bicyclic) bond motifs is 1. The molecule has 2 aromatic heterocycles. The Morgan fingerprint density at radius 1 is 1.31 bits per heavy atom. The number of pyridine rings is 1. The van der Waals surface area contributed by atoms with Gasteiger partial charge in [-0.3, -0.25) is 9.69 Å². The van der Waals surface area contributed by atoms with Crippen molar-refractivity contribution in [3.8, 4) is 17.7 Å². The smallest absolute Gasteiger partial charge is 0.261 e. The van der Waals surface area contributed by atoms with Crippen LogP contribution in [0.1, 0.15) is 29.8 Å². The second kappa shape index (κ2) is 11.4. The Bertz CT molecular complexity index is 1250. The second-order valence-electron chi connectivity index (χ2n) is 9.40. The number of rotatable bonds is 7. The monoisotopic (exact) mass is 518 g/mol. The van der Waals surface area contributed by atoms with E-state index in [1.54, 1.807) is 29.5 Å². The predicted molar refractivity (Wildman–Crippen MR) is 134 cm³/mol. The summed E-state index contributed by atoms with van der Waals surface area (Å²) in [6.07, 6.45) is 3.78. The molecule has 1 aliphatic heterocycles. The molecule has 1 N–H and O–H groups in total. The van der Waals surface area contributed by atoms with Crippen LogP contribution in [0.15, 0.2) is 29.8 Å². The van der Waals surface area contributed by atoms with E-state index in [0.717, 1.165) is 0 Å². The van der Waals surface area contributed by atoms with Gasteiger partial charge in [0.25, 0.3) is 15.9 Å². The highest BCUT2D eigenvalue weighted by Gasteiger charge is 2.36. The standard InChI is InChI=1S/C24H34N6O5S/c1-17-12-30(18(2)15-31)24(32)20-10-19(8-7-9-27(3)4)11-25-23(20)35-21(17)13-29(6)36(33,34)22-14-28(5)16-26-22/h10-11,14,16-18,21,31H,9,12-13,15H2,1-6H3/t17-,18+,21+/m0/s1. The van der Waals surface area contributed by atoms with Crippen LogP contribution in [0.2, 0.25) is 0 Å². The Morgan fingerprint density at radius 3 is 2.64 bits per heavy atom. The van der Waals surface area contributed by atoms with Crippen molar-refractivity contribution >= 4 is 15.9 Å². The lowest BCUT2D eigenvalue weighted by molar-refractivity contribution is 0.0373. The fourth-order valence-electron chi connectivity index (χ4n) is 3.72. The molecule has 0 aromatic carbocycles. The average molecular weight is 519 g/mol. The molecule has 2 aromatic rings. The summed E-state index contributed by atoms with van der Waals surface area (Å²) in [6.45, 7) is 4.24. The number of carbonyl (C=O) groups excluding carboxylic acids is 1. The Labute approximate surface area is 212 Å². The van der Waals surface area contributed by atoms with Crippen molar-refractivity contribution in [2.75, 3.05) is 47.4 Å². The van der Waals surface area contributed by atoms with Gasteiger partial charge in [0.15, 0.2) is 5.03 Å². The minimum atomic E-state index is -3.85. The Hall–Kier alpha value is -2.98. The summed E-state index contributed by atoms with van der Waals surface area (Å²) >= 11 is 0. The highest BCUT2D eigenvalue weighted by atomic mass is 32.2. The number of aromatic nitrogens is 3. The average Bonchev–Trinajstić information content (AvgIpc) is 3.27. The van der Waals surface area contributed by atoms with Gasteiger partial charge < -0.3 is 19.3 Å². The maximum absolute atomic E-state index is 13.5. The molecule has 0 radical (unpaired) electrons. The molecule has 196 valence electrons. The fourth-order valence-corrected chi connectivity index (χ4v) is 4.86. The normalized spacial score (nSPS) is 19.2. The van der Waals surface area contributed by atoms with Crippen molar-refractivity contribution in [1.29, 1.82) is 0 Å². The highest BCUT2D eigenvalue weighted by Crippen LogP contribution is 2.28. The van der Waals surface area contributed by atoms with E-state index in [1.807, 2.05) is 25.9 Å². The molecule has 0 fully saturated rings. The number of sulfonamides is 1. The maximum atomic E-state index is 13.5. The Balaban J connectivity index is 1.97. The van der Waals surface area contributed by atoms with E-state index in [1.165, 1.54) is 30.1 Å². The lowest BCUT2D eigenvalue weighted by Gasteiger charge is -2.37. The third-order valence-corrected chi connectivity index (χ3v) is 7.65. The first kappa shape index (κ1) is 27.6. The summed E-state index contributed by atoms with van der Waals surface area (Å²) in [5.41, 5.74) is 0.781. The lowest BCUT2D eigenvalue weighted by Crippen LogP contribution is -2.50. The molecule has 1 amide bonds. The van der Waals surface area contributed by atoms with Gasteiger partial charge in [0.1, 0.15) is 11.7 Å². The van der Waals surface area contributed by atoms with Gasteiger partial charge in [0, 0.05) is 44.5 Å². The number of imidazole rings is 1. The molecule has 0 spiro atoms. The summed E-state index contributed by atoms with van der Waals surface area (Å²) in [6, 6.07) is 1.18. The number of carbonyl (C=O) groups is 1. The summed E-state index contributed by atoms with van der Waals surface area (Å²) in [7, 11) is 3.13. The van der Waals surface area contributed by atoms with Gasteiger partial charge >= 0.3 is 0 Å². The van der Waals surface area contributed by atoms with Crippen LogP contribution in [0.3, 0.4) is 0 Å². The topological polar surface area (TPSA) is 121 Å². The zero-order valence-electron chi connectivity index (χ0n) is 21.5. The van der Waals surface area contributed by atoms with E-state index in [9.17, 15) is 18.3 Å². The summed E-state index contributed by atoms with van der Waals surface area (Å²) in [4.78, 5) is 25.3. The third kappa shape index (κ3) is 6.22. The first-order valence-electron chi connectivity index (χ1n) is 11.6. The molecule has 0 aliphatic carbocycles. The molecule has 36 heavy (non-hydrogen) atoms. The largest absolute Gasteiger partial charge is 0.472 e. The summed E-state index contributed by atoms with van der Waals surface area (Å²) < 4.78 is 35.0. The highest BCUT2D eigenvalue weighted by molar-refractivity contribution is 7.89. The number of likely N-dealkylation sites (N-methyl/N-ethyl adjacent to an activating group) is 1. The minimum absolute atomic E-state index is 0.0150. The molecule has 0 saturated carbocycles. The molecular formula is C24H34N6O5S. The zero-order chi connectivity index (χ0) is 26.6. The summed E-state index contributed by atoms with van der Waals surface area (Å²) in [5, 5.41) is 9.75. The molecule has 1 aliphatic rings. The Morgan fingerprint density at radius 2 is 2.03 bits per heavy atom. The first-order chi connectivity index (χ1) is 16.9. The Kier molecular flexibility index (Phi) is 8.73. The van der Waals surface area contributed by atoms with Crippen LogP contribution in [0.5, 0.6) is 5.88 Å². The molecule has 3 rings (SSSR count). The molecule has 3 atom stereocenters. The molecular weight excluding hydrogens is 484 g/mol.